The van der Waals surface area contributed by atoms with Crippen LogP contribution in [0.25, 0.3) is 0 Å². The van der Waals surface area contributed by atoms with Crippen LogP contribution in [0.3, 0.4) is 0 Å². The van der Waals surface area contributed by atoms with Gasteiger partial charge in [-0.3, -0.25) is 20.1 Å². The SMILES string of the molecule is CC1(C)CN=Cc2cc([N+](=O)[O-])cnc21. The van der Waals surface area contributed by atoms with Gasteiger partial charge >= 0.3 is 0 Å². The molecule has 0 aromatic carbocycles. The van der Waals surface area contributed by atoms with E-state index < -0.39 is 4.92 Å². The molecule has 0 saturated heterocycles. The molecule has 0 amide bonds. The number of hydrogen-bond acceptors (Lipinski definition) is 4. The van der Waals surface area contributed by atoms with Crippen molar-refractivity contribution in [2.24, 2.45) is 4.99 Å². The van der Waals surface area contributed by atoms with E-state index in [1.807, 2.05) is 13.8 Å². The molecule has 0 fully saturated rings. The Morgan fingerprint density at radius 2 is 2.27 bits per heavy atom. The zero-order valence-corrected chi connectivity index (χ0v) is 8.60. The van der Waals surface area contributed by atoms with Crippen LogP contribution >= 0.6 is 0 Å². The highest BCUT2D eigenvalue weighted by Crippen LogP contribution is 2.29. The Morgan fingerprint density at radius 1 is 1.53 bits per heavy atom. The second kappa shape index (κ2) is 3.12. The summed E-state index contributed by atoms with van der Waals surface area (Å²) in [6.45, 7) is 4.73. The Morgan fingerprint density at radius 3 is 2.93 bits per heavy atom. The third-order valence-electron chi connectivity index (χ3n) is 2.47. The molecular formula is C10H11N3O2. The number of fused-ring (bicyclic) bond motifs is 1. The van der Waals surface area contributed by atoms with Crippen LogP contribution < -0.4 is 0 Å². The summed E-state index contributed by atoms with van der Waals surface area (Å²) < 4.78 is 0. The average Bonchev–Trinajstić information content (AvgIpc) is 2.16. The van der Waals surface area contributed by atoms with Gasteiger partial charge in [-0.25, -0.2) is 0 Å². The predicted molar refractivity (Wildman–Crippen MR) is 56.4 cm³/mol. The third-order valence-corrected chi connectivity index (χ3v) is 2.47. The molecule has 5 heteroatoms. The van der Waals surface area contributed by atoms with Gasteiger partial charge < -0.3 is 0 Å². The third kappa shape index (κ3) is 1.60. The van der Waals surface area contributed by atoms with Gasteiger partial charge in [0.1, 0.15) is 6.20 Å². The minimum absolute atomic E-state index is 0.0119. The molecule has 0 bridgehead atoms. The van der Waals surface area contributed by atoms with Gasteiger partial charge in [-0.15, -0.1) is 0 Å². The molecule has 5 nitrogen and oxygen atoms in total. The van der Waals surface area contributed by atoms with Crippen molar-refractivity contribution >= 4 is 11.9 Å². The minimum Gasteiger partial charge on any atom is -0.292 e. The summed E-state index contributed by atoms with van der Waals surface area (Å²) in [4.78, 5) is 18.5. The molecule has 0 unspecified atom stereocenters. The molecule has 1 aliphatic rings. The second-order valence-electron chi connectivity index (χ2n) is 4.24. The van der Waals surface area contributed by atoms with Gasteiger partial charge in [0, 0.05) is 29.8 Å². The lowest BCUT2D eigenvalue weighted by Crippen LogP contribution is -2.27. The summed E-state index contributed by atoms with van der Waals surface area (Å²) in [7, 11) is 0. The fourth-order valence-corrected chi connectivity index (χ4v) is 1.68. The normalized spacial score (nSPS) is 17.2. The van der Waals surface area contributed by atoms with Gasteiger partial charge in [-0.05, 0) is 0 Å². The van der Waals surface area contributed by atoms with E-state index in [1.54, 1.807) is 6.21 Å². The molecule has 2 heterocycles. The maximum atomic E-state index is 10.6. The lowest BCUT2D eigenvalue weighted by molar-refractivity contribution is -0.385. The first-order chi connectivity index (χ1) is 7.00. The Labute approximate surface area is 87.0 Å². The lowest BCUT2D eigenvalue weighted by atomic mass is 9.84. The van der Waals surface area contributed by atoms with Crippen molar-refractivity contribution in [2.45, 2.75) is 19.3 Å². The summed E-state index contributed by atoms with van der Waals surface area (Å²) in [6.07, 6.45) is 2.96. The van der Waals surface area contributed by atoms with Crippen LogP contribution in [0.15, 0.2) is 17.3 Å². The van der Waals surface area contributed by atoms with E-state index in [0.717, 1.165) is 11.3 Å². The highest BCUT2D eigenvalue weighted by atomic mass is 16.6. The molecular weight excluding hydrogens is 194 g/mol. The molecule has 0 radical (unpaired) electrons. The first-order valence-electron chi connectivity index (χ1n) is 4.65. The fraction of sp³-hybridized carbons (Fsp3) is 0.400. The molecule has 15 heavy (non-hydrogen) atoms. The van der Waals surface area contributed by atoms with Crippen LogP contribution in [0.1, 0.15) is 25.1 Å². The van der Waals surface area contributed by atoms with Crippen molar-refractivity contribution < 1.29 is 4.92 Å². The molecule has 0 saturated carbocycles. The van der Waals surface area contributed by atoms with Crippen molar-refractivity contribution in [1.29, 1.82) is 0 Å². The van der Waals surface area contributed by atoms with Crippen molar-refractivity contribution in [1.82, 2.24) is 4.98 Å². The zero-order valence-electron chi connectivity index (χ0n) is 8.60. The maximum Gasteiger partial charge on any atom is 0.288 e. The van der Waals surface area contributed by atoms with E-state index in [-0.39, 0.29) is 11.1 Å². The molecule has 2 rings (SSSR count). The van der Waals surface area contributed by atoms with Crippen molar-refractivity contribution in [2.75, 3.05) is 6.54 Å². The van der Waals surface area contributed by atoms with Gasteiger partial charge in [0.05, 0.1) is 10.6 Å². The van der Waals surface area contributed by atoms with Gasteiger partial charge in [-0.2, -0.15) is 0 Å². The predicted octanol–water partition coefficient (Wildman–Crippen LogP) is 1.70. The number of hydrogen-bond donors (Lipinski definition) is 0. The molecule has 0 atom stereocenters. The quantitative estimate of drug-likeness (QED) is 0.517. The number of rotatable bonds is 1. The summed E-state index contributed by atoms with van der Waals surface area (Å²) >= 11 is 0. The number of nitro groups is 1. The van der Waals surface area contributed by atoms with E-state index in [4.69, 9.17) is 0 Å². The van der Waals surface area contributed by atoms with Crippen molar-refractivity contribution in [3.8, 4) is 0 Å². The van der Waals surface area contributed by atoms with Crippen LogP contribution in [0, 0.1) is 10.1 Å². The first kappa shape index (κ1) is 9.76. The van der Waals surface area contributed by atoms with Crippen LogP contribution in [0.2, 0.25) is 0 Å². The summed E-state index contributed by atoms with van der Waals surface area (Å²) in [6, 6.07) is 1.52. The highest BCUT2D eigenvalue weighted by molar-refractivity contribution is 5.83. The van der Waals surface area contributed by atoms with Crippen molar-refractivity contribution in [3.05, 3.63) is 33.6 Å². The molecule has 0 spiro atoms. The lowest BCUT2D eigenvalue weighted by Gasteiger charge is -2.26. The highest BCUT2D eigenvalue weighted by Gasteiger charge is 2.28. The van der Waals surface area contributed by atoms with Crippen LogP contribution in [0.4, 0.5) is 5.69 Å². The van der Waals surface area contributed by atoms with Gasteiger partial charge in [0.15, 0.2) is 0 Å². The standard InChI is InChI=1S/C10H11N3O2/c1-10(2)6-11-4-7-3-8(13(14)15)5-12-9(7)10/h3-5H,6H2,1-2H3. The minimum atomic E-state index is -0.442. The molecule has 78 valence electrons. The van der Waals surface area contributed by atoms with Crippen LogP contribution in [-0.4, -0.2) is 22.7 Å². The van der Waals surface area contributed by atoms with E-state index in [0.29, 0.717) is 6.54 Å². The number of aliphatic imine (C=N–C) groups is 1. The Bertz CT molecular complexity index is 452. The first-order valence-corrected chi connectivity index (χ1v) is 4.65. The topological polar surface area (TPSA) is 68.4 Å². The molecule has 1 aliphatic heterocycles. The second-order valence-corrected chi connectivity index (χ2v) is 4.24. The summed E-state index contributed by atoms with van der Waals surface area (Å²) in [5, 5.41) is 10.6. The van der Waals surface area contributed by atoms with Crippen LogP contribution in [0.5, 0.6) is 0 Å². The number of pyridine rings is 1. The smallest absolute Gasteiger partial charge is 0.288 e. The molecule has 1 aromatic heterocycles. The van der Waals surface area contributed by atoms with Crippen LogP contribution in [-0.2, 0) is 5.41 Å². The number of aromatic nitrogens is 1. The Hall–Kier alpha value is -1.78. The molecule has 0 aliphatic carbocycles. The molecule has 0 N–H and O–H groups in total. The van der Waals surface area contributed by atoms with E-state index in [9.17, 15) is 10.1 Å². The largest absolute Gasteiger partial charge is 0.292 e. The van der Waals surface area contributed by atoms with E-state index in [2.05, 4.69) is 9.98 Å². The monoisotopic (exact) mass is 205 g/mol. The average molecular weight is 205 g/mol. The fourth-order valence-electron chi connectivity index (χ4n) is 1.68. The number of nitrogens with zero attached hydrogens (tertiary/aromatic N) is 3. The van der Waals surface area contributed by atoms with E-state index in [1.165, 1.54) is 12.3 Å². The summed E-state index contributed by atoms with van der Waals surface area (Å²) in [5.41, 5.74) is 1.50. The summed E-state index contributed by atoms with van der Waals surface area (Å²) in [5.74, 6) is 0. The van der Waals surface area contributed by atoms with Gasteiger partial charge in [-0.1, -0.05) is 13.8 Å². The van der Waals surface area contributed by atoms with Crippen molar-refractivity contribution in [3.63, 3.8) is 0 Å². The van der Waals surface area contributed by atoms with Gasteiger partial charge in [0.2, 0.25) is 0 Å². The zero-order chi connectivity index (χ0) is 11.1. The molecule has 1 aromatic rings. The Kier molecular flexibility index (Phi) is 2.03. The maximum absolute atomic E-state index is 10.6. The van der Waals surface area contributed by atoms with E-state index >= 15 is 0 Å². The van der Waals surface area contributed by atoms with Gasteiger partial charge in [0.25, 0.3) is 5.69 Å². The Balaban J connectivity index is 2.56.